The Balaban J connectivity index is 1.64. The van der Waals surface area contributed by atoms with Gasteiger partial charge in [0, 0.05) is 19.0 Å². The van der Waals surface area contributed by atoms with Crippen LogP contribution >= 0.6 is 0 Å². The van der Waals surface area contributed by atoms with Crippen LogP contribution in [-0.2, 0) is 4.79 Å². The molecule has 2 aliphatic rings. The number of rotatable bonds is 2. The SMILES string of the molecule is CC1CCN(C(=O)C2CC2c2ccc(F)c(F)c2)CC1O. The van der Waals surface area contributed by atoms with Gasteiger partial charge in [-0.15, -0.1) is 0 Å². The van der Waals surface area contributed by atoms with E-state index in [0.29, 0.717) is 25.1 Å². The lowest BCUT2D eigenvalue weighted by molar-refractivity contribution is -0.136. The molecule has 1 amide bonds. The predicted molar refractivity (Wildman–Crippen MR) is 73.6 cm³/mol. The molecule has 1 N–H and O–H groups in total. The largest absolute Gasteiger partial charge is 0.391 e. The normalized spacial score (nSPS) is 32.1. The van der Waals surface area contributed by atoms with Gasteiger partial charge in [0.2, 0.25) is 5.91 Å². The number of β-amino-alcohol motifs (C(OH)–C–C–N with tert-alkyl or cyclic N) is 1. The number of amides is 1. The second kappa shape index (κ2) is 5.37. The fourth-order valence-electron chi connectivity index (χ4n) is 3.06. The monoisotopic (exact) mass is 295 g/mol. The lowest BCUT2D eigenvalue weighted by atomic mass is 9.95. The molecule has 3 nitrogen and oxygen atoms in total. The molecule has 114 valence electrons. The van der Waals surface area contributed by atoms with E-state index >= 15 is 0 Å². The number of nitrogens with zero attached hydrogens (tertiary/aromatic N) is 1. The second-order valence-electron chi connectivity index (χ2n) is 6.24. The van der Waals surface area contributed by atoms with Crippen LogP contribution in [0.5, 0.6) is 0 Å². The van der Waals surface area contributed by atoms with E-state index in [9.17, 15) is 18.7 Å². The van der Waals surface area contributed by atoms with Gasteiger partial charge in [0.25, 0.3) is 0 Å². The number of likely N-dealkylation sites (tertiary alicyclic amines) is 1. The van der Waals surface area contributed by atoms with Crippen molar-refractivity contribution < 1.29 is 18.7 Å². The minimum atomic E-state index is -0.868. The minimum Gasteiger partial charge on any atom is -0.391 e. The molecule has 0 bridgehead atoms. The van der Waals surface area contributed by atoms with Crippen molar-refractivity contribution in [1.29, 1.82) is 0 Å². The molecule has 0 aromatic heterocycles. The van der Waals surface area contributed by atoms with Crippen molar-refractivity contribution in [2.75, 3.05) is 13.1 Å². The molecule has 1 aliphatic heterocycles. The van der Waals surface area contributed by atoms with Gasteiger partial charge in [-0.05, 0) is 42.4 Å². The van der Waals surface area contributed by atoms with Crippen LogP contribution in [0.4, 0.5) is 8.78 Å². The molecule has 0 spiro atoms. The molecular weight excluding hydrogens is 276 g/mol. The van der Waals surface area contributed by atoms with Crippen LogP contribution in [0, 0.1) is 23.5 Å². The van der Waals surface area contributed by atoms with Crippen LogP contribution in [0.3, 0.4) is 0 Å². The molecule has 1 aromatic rings. The zero-order chi connectivity index (χ0) is 15.1. The summed E-state index contributed by atoms with van der Waals surface area (Å²) < 4.78 is 26.2. The smallest absolute Gasteiger partial charge is 0.226 e. The van der Waals surface area contributed by atoms with E-state index < -0.39 is 17.7 Å². The maximum atomic E-state index is 13.2. The van der Waals surface area contributed by atoms with E-state index in [1.807, 2.05) is 6.92 Å². The van der Waals surface area contributed by atoms with Gasteiger partial charge in [-0.3, -0.25) is 4.79 Å². The van der Waals surface area contributed by atoms with Crippen LogP contribution in [0.25, 0.3) is 0 Å². The molecule has 1 heterocycles. The van der Waals surface area contributed by atoms with Gasteiger partial charge in [-0.1, -0.05) is 13.0 Å². The van der Waals surface area contributed by atoms with Crippen molar-refractivity contribution >= 4 is 5.91 Å². The number of hydrogen-bond acceptors (Lipinski definition) is 2. The number of carbonyl (C=O) groups is 1. The molecule has 3 rings (SSSR count). The summed E-state index contributed by atoms with van der Waals surface area (Å²) in [5, 5.41) is 9.86. The summed E-state index contributed by atoms with van der Waals surface area (Å²) in [4.78, 5) is 14.1. The number of carbonyl (C=O) groups excluding carboxylic acids is 1. The summed E-state index contributed by atoms with van der Waals surface area (Å²) in [6.07, 6.45) is 1.00. The summed E-state index contributed by atoms with van der Waals surface area (Å²) in [6.45, 7) is 3.02. The molecule has 2 fully saturated rings. The molecule has 1 saturated carbocycles. The highest BCUT2D eigenvalue weighted by molar-refractivity contribution is 5.83. The average molecular weight is 295 g/mol. The fraction of sp³-hybridized carbons (Fsp3) is 0.562. The van der Waals surface area contributed by atoms with Gasteiger partial charge in [-0.25, -0.2) is 8.78 Å². The number of piperidine rings is 1. The Morgan fingerprint density at radius 2 is 2.10 bits per heavy atom. The molecule has 5 heteroatoms. The Kier molecular flexibility index (Phi) is 3.69. The Hall–Kier alpha value is -1.49. The van der Waals surface area contributed by atoms with Crippen LogP contribution in [0.1, 0.15) is 31.2 Å². The topological polar surface area (TPSA) is 40.5 Å². The minimum absolute atomic E-state index is 0.0238. The summed E-state index contributed by atoms with van der Waals surface area (Å²) >= 11 is 0. The molecule has 21 heavy (non-hydrogen) atoms. The maximum Gasteiger partial charge on any atom is 0.226 e. The predicted octanol–water partition coefficient (Wildman–Crippen LogP) is 2.30. The third kappa shape index (κ3) is 2.79. The van der Waals surface area contributed by atoms with E-state index in [-0.39, 0.29) is 23.7 Å². The highest BCUT2D eigenvalue weighted by atomic mass is 19.2. The van der Waals surface area contributed by atoms with Gasteiger partial charge in [-0.2, -0.15) is 0 Å². The van der Waals surface area contributed by atoms with Gasteiger partial charge < -0.3 is 10.0 Å². The molecule has 4 atom stereocenters. The van der Waals surface area contributed by atoms with Crippen LogP contribution in [0.2, 0.25) is 0 Å². The summed E-state index contributed by atoms with van der Waals surface area (Å²) in [5.74, 6) is -1.67. The first-order valence-electron chi connectivity index (χ1n) is 7.39. The molecule has 0 radical (unpaired) electrons. The maximum absolute atomic E-state index is 13.2. The van der Waals surface area contributed by atoms with Crippen LogP contribution < -0.4 is 0 Å². The Morgan fingerprint density at radius 1 is 1.33 bits per heavy atom. The van der Waals surface area contributed by atoms with Crippen molar-refractivity contribution in [3.8, 4) is 0 Å². The van der Waals surface area contributed by atoms with Crippen molar-refractivity contribution in [2.45, 2.75) is 31.8 Å². The zero-order valence-electron chi connectivity index (χ0n) is 11.9. The summed E-state index contributed by atoms with van der Waals surface area (Å²) in [7, 11) is 0. The van der Waals surface area contributed by atoms with Crippen molar-refractivity contribution in [1.82, 2.24) is 4.90 Å². The van der Waals surface area contributed by atoms with Crippen molar-refractivity contribution in [2.24, 2.45) is 11.8 Å². The Labute approximate surface area is 122 Å². The first-order chi connectivity index (χ1) is 9.97. The van der Waals surface area contributed by atoms with Gasteiger partial charge in [0.1, 0.15) is 0 Å². The first kappa shape index (κ1) is 14.4. The summed E-state index contributed by atoms with van der Waals surface area (Å²) in [5.41, 5.74) is 0.679. The number of aliphatic hydroxyl groups excluding tert-OH is 1. The standard InChI is InChI=1S/C16H19F2NO2/c1-9-4-5-19(8-15(9)20)16(21)12-7-11(12)10-2-3-13(17)14(18)6-10/h2-3,6,9,11-12,15,20H,4-5,7-8H2,1H3. The second-order valence-corrected chi connectivity index (χ2v) is 6.24. The van der Waals surface area contributed by atoms with Crippen molar-refractivity contribution in [3.63, 3.8) is 0 Å². The number of hydrogen-bond donors (Lipinski definition) is 1. The van der Waals surface area contributed by atoms with E-state index in [2.05, 4.69) is 0 Å². The first-order valence-corrected chi connectivity index (χ1v) is 7.39. The lowest BCUT2D eigenvalue weighted by Gasteiger charge is -2.34. The lowest BCUT2D eigenvalue weighted by Crippen LogP contribution is -2.46. The number of benzene rings is 1. The Morgan fingerprint density at radius 3 is 2.76 bits per heavy atom. The highest BCUT2D eigenvalue weighted by Gasteiger charge is 2.46. The third-order valence-corrected chi connectivity index (χ3v) is 4.71. The van der Waals surface area contributed by atoms with E-state index in [1.165, 1.54) is 6.07 Å². The molecular formula is C16H19F2NO2. The third-order valence-electron chi connectivity index (χ3n) is 4.71. The quantitative estimate of drug-likeness (QED) is 0.909. The average Bonchev–Trinajstić information content (AvgIpc) is 3.24. The number of aliphatic hydroxyl groups is 1. The molecule has 1 aliphatic carbocycles. The highest BCUT2D eigenvalue weighted by Crippen LogP contribution is 2.49. The van der Waals surface area contributed by atoms with E-state index in [1.54, 1.807) is 11.0 Å². The van der Waals surface area contributed by atoms with E-state index in [4.69, 9.17) is 0 Å². The zero-order valence-corrected chi connectivity index (χ0v) is 11.9. The van der Waals surface area contributed by atoms with E-state index in [0.717, 1.165) is 12.5 Å². The Bertz CT molecular complexity index is 563. The van der Waals surface area contributed by atoms with Gasteiger partial charge >= 0.3 is 0 Å². The molecule has 4 unspecified atom stereocenters. The summed E-state index contributed by atoms with van der Waals surface area (Å²) in [6, 6.07) is 3.83. The van der Waals surface area contributed by atoms with Crippen LogP contribution in [-0.4, -0.2) is 35.1 Å². The van der Waals surface area contributed by atoms with Gasteiger partial charge in [0.05, 0.1) is 6.10 Å². The van der Waals surface area contributed by atoms with Gasteiger partial charge in [0.15, 0.2) is 11.6 Å². The van der Waals surface area contributed by atoms with Crippen molar-refractivity contribution in [3.05, 3.63) is 35.4 Å². The molecule has 1 saturated heterocycles. The fourth-order valence-corrected chi connectivity index (χ4v) is 3.06. The molecule has 1 aromatic carbocycles. The van der Waals surface area contributed by atoms with Crippen LogP contribution in [0.15, 0.2) is 18.2 Å². The number of halogens is 2.